The van der Waals surface area contributed by atoms with E-state index in [1.165, 1.54) is 28.7 Å². The predicted octanol–water partition coefficient (Wildman–Crippen LogP) is 3.69. The highest BCUT2D eigenvalue weighted by Gasteiger charge is 2.30. The quantitative estimate of drug-likeness (QED) is 0.800. The lowest BCUT2D eigenvalue weighted by atomic mass is 10.2. The highest BCUT2D eigenvalue weighted by molar-refractivity contribution is 8.18. The Kier molecular flexibility index (Phi) is 4.62. The smallest absolute Gasteiger partial charge is 0.266 e. The summed E-state index contributed by atoms with van der Waals surface area (Å²) in [5.74, 6) is 0.00784. The van der Waals surface area contributed by atoms with E-state index in [0.29, 0.717) is 0 Å². The van der Waals surface area contributed by atoms with Crippen LogP contribution in [0.15, 0.2) is 46.3 Å². The topological polar surface area (TPSA) is 37.6 Å². The Morgan fingerprint density at radius 3 is 2.54 bits per heavy atom. The number of thioether (sulfide) groups is 1. The largest absolute Gasteiger partial charge is 0.344 e. The average molecular weight is 339 g/mol. The minimum Gasteiger partial charge on any atom is -0.344 e. The standard InChI is InChI=1S/C19H21N3OS/c1-13-10-16(11-17-18(23)21(4)19(20-3)24-17)14(2)22(13)12-15-8-6-5-7-9-15/h5-11H,12H2,1-4H3/b17-11-,20-19?. The van der Waals surface area contributed by atoms with Crippen LogP contribution in [-0.4, -0.2) is 34.6 Å². The zero-order valence-corrected chi connectivity index (χ0v) is 15.2. The van der Waals surface area contributed by atoms with E-state index < -0.39 is 0 Å². The van der Waals surface area contributed by atoms with E-state index >= 15 is 0 Å². The molecule has 1 aromatic heterocycles. The molecule has 0 spiro atoms. The van der Waals surface area contributed by atoms with Crippen molar-refractivity contribution < 1.29 is 4.79 Å². The number of benzene rings is 1. The van der Waals surface area contributed by atoms with Gasteiger partial charge in [0.25, 0.3) is 5.91 Å². The van der Waals surface area contributed by atoms with Crippen LogP contribution in [-0.2, 0) is 11.3 Å². The average Bonchev–Trinajstić information content (AvgIpc) is 3.01. The number of aryl methyl sites for hydroxylation is 1. The van der Waals surface area contributed by atoms with Gasteiger partial charge in [-0.2, -0.15) is 0 Å². The molecular weight excluding hydrogens is 318 g/mol. The van der Waals surface area contributed by atoms with Gasteiger partial charge in [0.15, 0.2) is 5.17 Å². The number of hydrogen-bond donors (Lipinski definition) is 0. The third-order valence-electron chi connectivity index (χ3n) is 4.28. The molecule has 4 nitrogen and oxygen atoms in total. The normalized spacial score (nSPS) is 18.2. The Labute approximate surface area is 146 Å². The van der Waals surface area contributed by atoms with Gasteiger partial charge >= 0.3 is 0 Å². The van der Waals surface area contributed by atoms with Gasteiger partial charge in [0.2, 0.25) is 0 Å². The molecule has 0 N–H and O–H groups in total. The molecule has 1 aromatic carbocycles. The lowest BCUT2D eigenvalue weighted by molar-refractivity contribution is -0.121. The van der Waals surface area contributed by atoms with Gasteiger partial charge < -0.3 is 4.57 Å². The lowest BCUT2D eigenvalue weighted by Crippen LogP contribution is -2.23. The van der Waals surface area contributed by atoms with E-state index in [1.54, 1.807) is 19.0 Å². The van der Waals surface area contributed by atoms with Gasteiger partial charge in [0, 0.05) is 32.0 Å². The van der Waals surface area contributed by atoms with Gasteiger partial charge in [0.1, 0.15) is 0 Å². The predicted molar refractivity (Wildman–Crippen MR) is 101 cm³/mol. The summed E-state index contributed by atoms with van der Waals surface area (Å²) in [6.45, 7) is 5.04. The SMILES string of the molecule is CN=C1S/C(=C\c2cc(C)n(Cc3ccccc3)c2C)C(=O)N1C. The number of aliphatic imine (C=N–C) groups is 1. The first-order valence-corrected chi connectivity index (χ1v) is 8.68. The molecule has 0 radical (unpaired) electrons. The van der Waals surface area contributed by atoms with Crippen LogP contribution in [0.2, 0.25) is 0 Å². The molecular formula is C19H21N3OS. The number of likely N-dealkylation sites (N-methyl/N-ethyl adjacent to an activating group) is 1. The van der Waals surface area contributed by atoms with Crippen molar-refractivity contribution in [3.05, 3.63) is 63.8 Å². The second-order valence-corrected chi connectivity index (χ2v) is 6.89. The van der Waals surface area contributed by atoms with Crippen molar-refractivity contribution >= 4 is 28.9 Å². The number of hydrogen-bond acceptors (Lipinski definition) is 3. The Balaban J connectivity index is 1.92. The zero-order valence-electron chi connectivity index (χ0n) is 14.4. The van der Waals surface area contributed by atoms with Gasteiger partial charge in [-0.05, 0) is 48.9 Å². The van der Waals surface area contributed by atoms with Gasteiger partial charge in [-0.3, -0.25) is 14.7 Å². The molecule has 1 aliphatic heterocycles. The fraction of sp³-hybridized carbons (Fsp3) is 0.263. The van der Waals surface area contributed by atoms with Crippen molar-refractivity contribution in [3.8, 4) is 0 Å². The number of amidine groups is 1. The van der Waals surface area contributed by atoms with E-state index in [2.05, 4.69) is 53.7 Å². The van der Waals surface area contributed by atoms with Crippen LogP contribution in [0.5, 0.6) is 0 Å². The zero-order chi connectivity index (χ0) is 17.3. The number of amides is 1. The summed E-state index contributed by atoms with van der Waals surface area (Å²) >= 11 is 1.43. The van der Waals surface area contributed by atoms with Crippen molar-refractivity contribution in [1.29, 1.82) is 0 Å². The van der Waals surface area contributed by atoms with Crippen LogP contribution in [0.25, 0.3) is 6.08 Å². The molecule has 1 aliphatic rings. The maximum Gasteiger partial charge on any atom is 0.266 e. The summed E-state index contributed by atoms with van der Waals surface area (Å²) in [5.41, 5.74) is 4.72. The van der Waals surface area contributed by atoms with E-state index in [9.17, 15) is 4.79 Å². The molecule has 3 rings (SSSR count). The number of carbonyl (C=O) groups excluding carboxylic acids is 1. The van der Waals surface area contributed by atoms with E-state index in [0.717, 1.165) is 22.2 Å². The van der Waals surface area contributed by atoms with Crippen molar-refractivity contribution in [2.75, 3.05) is 14.1 Å². The summed E-state index contributed by atoms with van der Waals surface area (Å²) in [7, 11) is 3.47. The van der Waals surface area contributed by atoms with Crippen LogP contribution < -0.4 is 0 Å². The first-order valence-electron chi connectivity index (χ1n) is 7.86. The molecule has 24 heavy (non-hydrogen) atoms. The van der Waals surface area contributed by atoms with Crippen LogP contribution in [0.3, 0.4) is 0 Å². The van der Waals surface area contributed by atoms with Gasteiger partial charge in [0.05, 0.1) is 4.91 Å². The summed E-state index contributed by atoms with van der Waals surface area (Å²) < 4.78 is 2.28. The Morgan fingerprint density at radius 1 is 1.21 bits per heavy atom. The van der Waals surface area contributed by atoms with E-state index in [4.69, 9.17) is 0 Å². The second kappa shape index (κ2) is 6.69. The fourth-order valence-corrected chi connectivity index (χ4v) is 3.79. The van der Waals surface area contributed by atoms with E-state index in [1.807, 2.05) is 12.1 Å². The number of aromatic nitrogens is 1. The first kappa shape index (κ1) is 16.6. The molecule has 1 fully saturated rings. The van der Waals surface area contributed by atoms with Crippen LogP contribution in [0, 0.1) is 13.8 Å². The van der Waals surface area contributed by atoms with Crippen LogP contribution >= 0.6 is 11.8 Å². The maximum absolute atomic E-state index is 12.3. The molecule has 0 aliphatic carbocycles. The third kappa shape index (κ3) is 3.04. The first-order chi connectivity index (χ1) is 11.5. The Bertz CT molecular complexity index is 834. The molecule has 0 atom stereocenters. The molecule has 2 heterocycles. The molecule has 5 heteroatoms. The summed E-state index contributed by atoms with van der Waals surface area (Å²) in [6.07, 6.45) is 1.98. The minimum absolute atomic E-state index is 0.00784. The third-order valence-corrected chi connectivity index (χ3v) is 5.43. The molecule has 0 saturated carbocycles. The lowest BCUT2D eigenvalue weighted by Gasteiger charge is -2.09. The monoisotopic (exact) mass is 339 g/mol. The Hall–Kier alpha value is -2.27. The van der Waals surface area contributed by atoms with Crippen molar-refractivity contribution in [2.45, 2.75) is 20.4 Å². The van der Waals surface area contributed by atoms with Gasteiger partial charge in [-0.25, -0.2) is 0 Å². The molecule has 2 aromatic rings. The van der Waals surface area contributed by atoms with Crippen molar-refractivity contribution in [3.63, 3.8) is 0 Å². The highest BCUT2D eigenvalue weighted by Crippen LogP contribution is 2.32. The van der Waals surface area contributed by atoms with Crippen LogP contribution in [0.4, 0.5) is 0 Å². The summed E-state index contributed by atoms with van der Waals surface area (Å²) in [5, 5.41) is 0.740. The molecule has 1 amide bonds. The summed E-state index contributed by atoms with van der Waals surface area (Å²) in [6, 6.07) is 12.5. The second-order valence-electron chi connectivity index (χ2n) is 5.88. The van der Waals surface area contributed by atoms with Crippen LogP contribution in [0.1, 0.15) is 22.5 Å². The molecule has 0 bridgehead atoms. The minimum atomic E-state index is 0.00784. The molecule has 1 saturated heterocycles. The number of rotatable bonds is 3. The van der Waals surface area contributed by atoms with Gasteiger partial charge in [-0.1, -0.05) is 30.3 Å². The molecule has 124 valence electrons. The number of carbonyl (C=O) groups is 1. The van der Waals surface area contributed by atoms with Crippen molar-refractivity contribution in [1.82, 2.24) is 9.47 Å². The summed E-state index contributed by atoms with van der Waals surface area (Å²) in [4.78, 5) is 18.8. The van der Waals surface area contributed by atoms with E-state index in [-0.39, 0.29) is 5.91 Å². The van der Waals surface area contributed by atoms with Crippen molar-refractivity contribution in [2.24, 2.45) is 4.99 Å². The Morgan fingerprint density at radius 2 is 1.92 bits per heavy atom. The highest BCUT2D eigenvalue weighted by atomic mass is 32.2. The number of nitrogens with zero attached hydrogens (tertiary/aromatic N) is 3. The maximum atomic E-state index is 12.3. The molecule has 0 unspecified atom stereocenters. The fourth-order valence-electron chi connectivity index (χ4n) is 2.87. The van der Waals surface area contributed by atoms with Gasteiger partial charge in [-0.15, -0.1) is 0 Å².